The number of halogens is 1. The first-order valence-electron chi connectivity index (χ1n) is 11.8. The lowest BCUT2D eigenvalue weighted by Crippen LogP contribution is -2.46. The average molecular weight is 491 g/mol. The molecule has 2 atom stereocenters. The van der Waals surface area contributed by atoms with Gasteiger partial charge in [-0.3, -0.25) is 4.79 Å². The normalized spacial score (nSPS) is 14.5. The lowest BCUT2D eigenvalue weighted by Gasteiger charge is -2.29. The molecule has 0 saturated heterocycles. The van der Waals surface area contributed by atoms with Crippen molar-refractivity contribution < 1.29 is 24.1 Å². The van der Waals surface area contributed by atoms with Crippen molar-refractivity contribution in [1.29, 1.82) is 0 Å². The highest BCUT2D eigenvalue weighted by atomic mass is 35.5. The summed E-state index contributed by atoms with van der Waals surface area (Å²) in [6.45, 7) is 4.54. The van der Waals surface area contributed by atoms with E-state index in [2.05, 4.69) is 17.1 Å². The number of methoxy groups -OCH3 is 1. The standard InChI is InChI=1S/C26H35ClN2O5/c1-4-5-12-29(2)17-21(26(31)19-8-10-23-24(16-19)34-14-13-33-23)28-25(30)11-7-18-6-9-22(32-3)20(27)15-18/h6,8-10,15-16,21,26,31H,4-5,7,11-14,17H2,1-3H3,(H,28,30)/t21-,26-/m1/s1. The van der Waals surface area contributed by atoms with Crippen molar-refractivity contribution in [2.75, 3.05) is 40.5 Å². The molecular weight excluding hydrogens is 456 g/mol. The summed E-state index contributed by atoms with van der Waals surface area (Å²) in [7, 11) is 3.57. The second kappa shape index (κ2) is 12.8. The molecule has 0 aromatic heterocycles. The predicted molar refractivity (Wildman–Crippen MR) is 133 cm³/mol. The fourth-order valence-corrected chi connectivity index (χ4v) is 4.24. The highest BCUT2D eigenvalue weighted by Gasteiger charge is 2.26. The zero-order valence-electron chi connectivity index (χ0n) is 20.2. The molecule has 8 heteroatoms. The first-order valence-corrected chi connectivity index (χ1v) is 12.2. The number of hydrogen-bond donors (Lipinski definition) is 2. The maximum atomic E-state index is 12.9. The third-order valence-electron chi connectivity index (χ3n) is 5.89. The Labute approximate surface area is 207 Å². The molecule has 2 aromatic carbocycles. The van der Waals surface area contributed by atoms with Gasteiger partial charge in [-0.05, 0) is 61.8 Å². The van der Waals surface area contributed by atoms with E-state index in [-0.39, 0.29) is 12.3 Å². The number of hydrogen-bond acceptors (Lipinski definition) is 6. The number of aliphatic hydroxyl groups is 1. The molecule has 0 saturated carbocycles. The second-order valence-corrected chi connectivity index (χ2v) is 9.01. The van der Waals surface area contributed by atoms with Crippen LogP contribution < -0.4 is 19.5 Å². The number of fused-ring (bicyclic) bond motifs is 1. The van der Waals surface area contributed by atoms with Crippen molar-refractivity contribution in [3.63, 3.8) is 0 Å². The molecule has 186 valence electrons. The highest BCUT2D eigenvalue weighted by molar-refractivity contribution is 6.32. The Morgan fingerprint density at radius 1 is 1.21 bits per heavy atom. The number of carbonyl (C=O) groups excluding carboxylic acids is 1. The van der Waals surface area contributed by atoms with Gasteiger partial charge in [-0.2, -0.15) is 0 Å². The molecule has 1 heterocycles. The first-order chi connectivity index (χ1) is 16.4. The molecule has 0 radical (unpaired) electrons. The van der Waals surface area contributed by atoms with Gasteiger partial charge in [0.25, 0.3) is 0 Å². The maximum Gasteiger partial charge on any atom is 0.220 e. The Morgan fingerprint density at radius 2 is 1.97 bits per heavy atom. The second-order valence-electron chi connectivity index (χ2n) is 8.61. The Morgan fingerprint density at radius 3 is 2.68 bits per heavy atom. The minimum Gasteiger partial charge on any atom is -0.495 e. The van der Waals surface area contributed by atoms with Gasteiger partial charge in [-0.1, -0.05) is 37.1 Å². The minimum atomic E-state index is -0.890. The van der Waals surface area contributed by atoms with Crippen LogP contribution in [0.5, 0.6) is 17.2 Å². The monoisotopic (exact) mass is 490 g/mol. The fraction of sp³-hybridized carbons (Fsp3) is 0.500. The fourth-order valence-electron chi connectivity index (χ4n) is 3.96. The molecular formula is C26H35ClN2O5. The van der Waals surface area contributed by atoms with Crippen molar-refractivity contribution in [1.82, 2.24) is 10.2 Å². The number of unbranched alkanes of at least 4 members (excludes halogenated alkanes) is 1. The van der Waals surface area contributed by atoms with Gasteiger partial charge in [0, 0.05) is 13.0 Å². The number of nitrogens with zero attached hydrogens (tertiary/aromatic N) is 1. The Balaban J connectivity index is 1.67. The molecule has 34 heavy (non-hydrogen) atoms. The van der Waals surface area contributed by atoms with E-state index in [4.69, 9.17) is 25.8 Å². The minimum absolute atomic E-state index is 0.127. The van der Waals surface area contributed by atoms with Crippen LogP contribution in [0.3, 0.4) is 0 Å². The summed E-state index contributed by atoms with van der Waals surface area (Å²) >= 11 is 6.20. The van der Waals surface area contributed by atoms with Crippen molar-refractivity contribution in [3.8, 4) is 17.2 Å². The molecule has 0 fully saturated rings. The van der Waals surface area contributed by atoms with E-state index < -0.39 is 12.1 Å². The Bertz CT molecular complexity index is 955. The SMILES string of the molecule is CCCCN(C)C[C@@H](NC(=O)CCc1ccc(OC)c(Cl)c1)[C@H](O)c1ccc2c(c1)OCCO2. The molecule has 1 amide bonds. The molecule has 0 unspecified atom stereocenters. The van der Waals surface area contributed by atoms with Crippen LogP contribution in [0.4, 0.5) is 0 Å². The molecule has 2 N–H and O–H groups in total. The average Bonchev–Trinajstić information content (AvgIpc) is 2.85. The Kier molecular flexibility index (Phi) is 9.86. The molecule has 0 aliphatic carbocycles. The van der Waals surface area contributed by atoms with Crippen molar-refractivity contribution in [2.45, 2.75) is 44.8 Å². The van der Waals surface area contributed by atoms with E-state index in [1.807, 2.05) is 25.2 Å². The number of aryl methyl sites for hydroxylation is 1. The van der Waals surface area contributed by atoms with E-state index in [9.17, 15) is 9.90 Å². The van der Waals surface area contributed by atoms with E-state index >= 15 is 0 Å². The molecule has 0 spiro atoms. The summed E-state index contributed by atoms with van der Waals surface area (Å²) in [4.78, 5) is 15.0. The predicted octanol–water partition coefficient (Wildman–Crippen LogP) is 4.00. The molecule has 1 aliphatic rings. The number of nitrogens with one attached hydrogen (secondary N) is 1. The molecule has 7 nitrogen and oxygen atoms in total. The molecule has 0 bridgehead atoms. The summed E-state index contributed by atoms with van der Waals surface area (Å²) in [5.74, 6) is 1.76. The summed E-state index contributed by atoms with van der Waals surface area (Å²) in [6.07, 6.45) is 2.06. The number of benzene rings is 2. The topological polar surface area (TPSA) is 80.3 Å². The van der Waals surface area contributed by atoms with Crippen LogP contribution in [0, 0.1) is 0 Å². The molecule has 3 rings (SSSR count). The van der Waals surface area contributed by atoms with E-state index in [1.54, 1.807) is 25.3 Å². The molecule has 1 aliphatic heterocycles. The smallest absolute Gasteiger partial charge is 0.220 e. The van der Waals surface area contributed by atoms with E-state index in [0.29, 0.717) is 54.0 Å². The number of carbonyl (C=O) groups is 1. The molecule has 2 aromatic rings. The van der Waals surface area contributed by atoms with E-state index in [0.717, 1.165) is 24.9 Å². The van der Waals surface area contributed by atoms with Crippen molar-refractivity contribution in [3.05, 3.63) is 52.5 Å². The van der Waals surface area contributed by atoms with Crippen LogP contribution in [-0.2, 0) is 11.2 Å². The third-order valence-corrected chi connectivity index (χ3v) is 6.19. The highest BCUT2D eigenvalue weighted by Crippen LogP contribution is 2.33. The van der Waals surface area contributed by atoms with Crippen LogP contribution in [0.15, 0.2) is 36.4 Å². The lowest BCUT2D eigenvalue weighted by atomic mass is 10.00. The first kappa shape index (κ1) is 26.1. The number of rotatable bonds is 12. The number of ether oxygens (including phenoxy) is 3. The van der Waals surface area contributed by atoms with Crippen molar-refractivity contribution in [2.24, 2.45) is 0 Å². The largest absolute Gasteiger partial charge is 0.495 e. The van der Waals surface area contributed by atoms with Crippen LogP contribution in [-0.4, -0.2) is 62.4 Å². The van der Waals surface area contributed by atoms with Gasteiger partial charge in [-0.25, -0.2) is 0 Å². The maximum absolute atomic E-state index is 12.9. The number of likely N-dealkylation sites (N-methyl/N-ethyl adjacent to an activating group) is 1. The quantitative estimate of drug-likeness (QED) is 0.468. The van der Waals surface area contributed by atoms with Crippen molar-refractivity contribution >= 4 is 17.5 Å². The van der Waals surface area contributed by atoms with Gasteiger partial charge < -0.3 is 29.5 Å². The lowest BCUT2D eigenvalue weighted by molar-refractivity contribution is -0.122. The van der Waals surface area contributed by atoms with Crippen LogP contribution in [0.2, 0.25) is 5.02 Å². The summed E-state index contributed by atoms with van der Waals surface area (Å²) in [5, 5.41) is 14.8. The zero-order chi connectivity index (χ0) is 24.5. The Hall–Kier alpha value is -2.48. The summed E-state index contributed by atoms with van der Waals surface area (Å²) in [6, 6.07) is 10.5. The van der Waals surface area contributed by atoms with Crippen LogP contribution in [0.25, 0.3) is 0 Å². The van der Waals surface area contributed by atoms with Gasteiger partial charge >= 0.3 is 0 Å². The summed E-state index contributed by atoms with van der Waals surface area (Å²) < 4.78 is 16.4. The third kappa shape index (κ3) is 7.26. The van der Waals surface area contributed by atoms with Crippen LogP contribution >= 0.6 is 11.6 Å². The van der Waals surface area contributed by atoms with Crippen LogP contribution in [0.1, 0.15) is 43.4 Å². The van der Waals surface area contributed by atoms with Gasteiger partial charge in [0.2, 0.25) is 5.91 Å². The number of aliphatic hydroxyl groups excluding tert-OH is 1. The van der Waals surface area contributed by atoms with E-state index in [1.165, 1.54) is 0 Å². The number of amides is 1. The van der Waals surface area contributed by atoms with Gasteiger partial charge in [0.15, 0.2) is 11.5 Å². The van der Waals surface area contributed by atoms with Gasteiger partial charge in [0.1, 0.15) is 25.1 Å². The summed E-state index contributed by atoms with van der Waals surface area (Å²) in [5.41, 5.74) is 1.63. The van der Waals surface area contributed by atoms with Gasteiger partial charge in [0.05, 0.1) is 18.2 Å². The van der Waals surface area contributed by atoms with Gasteiger partial charge in [-0.15, -0.1) is 0 Å². The zero-order valence-corrected chi connectivity index (χ0v) is 20.9.